The van der Waals surface area contributed by atoms with Crippen LogP contribution in [0.15, 0.2) is 0 Å². The second-order valence-corrected chi connectivity index (χ2v) is 12.7. The lowest BCUT2D eigenvalue weighted by Crippen LogP contribution is -2.33. The van der Waals surface area contributed by atoms with E-state index in [1.165, 1.54) is 27.7 Å². The molecule has 0 unspecified atom stereocenters. The molecule has 0 saturated heterocycles. The van der Waals surface area contributed by atoms with E-state index in [2.05, 4.69) is 0 Å². The van der Waals surface area contributed by atoms with E-state index in [4.69, 9.17) is 9.11 Å². The SMILES string of the molecule is CC(C)(CCCCCCCC(O)(O)CCCC(C)(C)S(=O)(=O)O)S(=O)(=O)O. The number of unbranched alkanes of at least 4 members (excludes halogenated alkanes) is 4. The minimum absolute atomic E-state index is 0.0223. The van der Waals surface area contributed by atoms with Gasteiger partial charge in [0.1, 0.15) is 0 Å². The average Bonchev–Trinajstić information content (AvgIpc) is 2.43. The van der Waals surface area contributed by atoms with Crippen LogP contribution in [0.4, 0.5) is 0 Å². The maximum absolute atomic E-state index is 11.2. The number of aliphatic hydroxyl groups is 2. The molecule has 0 heterocycles. The van der Waals surface area contributed by atoms with E-state index < -0.39 is 35.5 Å². The molecule has 27 heavy (non-hydrogen) atoms. The van der Waals surface area contributed by atoms with Crippen molar-refractivity contribution in [3.05, 3.63) is 0 Å². The minimum Gasteiger partial charge on any atom is -0.366 e. The summed E-state index contributed by atoms with van der Waals surface area (Å²) >= 11 is 0. The Kier molecular flexibility index (Phi) is 9.88. The van der Waals surface area contributed by atoms with Crippen LogP contribution in [0.2, 0.25) is 0 Å². The van der Waals surface area contributed by atoms with Crippen LogP contribution < -0.4 is 0 Å². The molecular formula is C17H36O8S2. The Balaban J connectivity index is 4.01. The van der Waals surface area contributed by atoms with Crippen molar-refractivity contribution in [1.29, 1.82) is 0 Å². The van der Waals surface area contributed by atoms with Gasteiger partial charge in [-0.05, 0) is 53.4 Å². The molecule has 0 aliphatic rings. The van der Waals surface area contributed by atoms with Crippen LogP contribution in [0.1, 0.15) is 91.9 Å². The number of hydrogen-bond acceptors (Lipinski definition) is 6. The highest BCUT2D eigenvalue weighted by Gasteiger charge is 2.33. The van der Waals surface area contributed by atoms with Gasteiger partial charge in [-0.25, -0.2) is 0 Å². The fourth-order valence-electron chi connectivity index (χ4n) is 2.67. The summed E-state index contributed by atoms with van der Waals surface area (Å²) in [5.74, 6) is -1.87. The zero-order valence-corrected chi connectivity index (χ0v) is 18.4. The maximum atomic E-state index is 11.2. The van der Waals surface area contributed by atoms with Crippen LogP contribution in [-0.4, -0.2) is 51.4 Å². The molecule has 0 fully saturated rings. The quantitative estimate of drug-likeness (QED) is 0.186. The van der Waals surface area contributed by atoms with Gasteiger partial charge in [0, 0.05) is 12.8 Å². The smallest absolute Gasteiger partial charge is 0.270 e. The predicted octanol–water partition coefficient (Wildman–Crippen LogP) is 2.90. The zero-order valence-electron chi connectivity index (χ0n) is 16.8. The van der Waals surface area contributed by atoms with Crippen LogP contribution in [0.25, 0.3) is 0 Å². The molecule has 0 aromatic carbocycles. The second-order valence-electron chi connectivity index (χ2n) is 8.57. The Bertz CT molecular complexity index is 648. The average molecular weight is 433 g/mol. The van der Waals surface area contributed by atoms with E-state index in [1.807, 2.05) is 0 Å². The lowest BCUT2D eigenvalue weighted by molar-refractivity contribution is -0.172. The molecule has 0 atom stereocenters. The first-order valence-electron chi connectivity index (χ1n) is 9.30. The number of hydrogen-bond donors (Lipinski definition) is 4. The first kappa shape index (κ1) is 26.7. The summed E-state index contributed by atoms with van der Waals surface area (Å²) in [4.78, 5) is 0. The standard InChI is InChI=1S/C17H36O8S2/c1-15(2,26(20,21)22)11-8-6-5-7-9-13-17(18,19)14-10-12-16(3,4)27(23,24)25/h18-19H,5-14H2,1-4H3,(H,20,21,22)(H,23,24,25). The van der Waals surface area contributed by atoms with Gasteiger partial charge in [0.05, 0.1) is 9.49 Å². The lowest BCUT2D eigenvalue weighted by atomic mass is 9.97. The summed E-state index contributed by atoms with van der Waals surface area (Å²) < 4.78 is 60.5. The van der Waals surface area contributed by atoms with Crippen molar-refractivity contribution in [2.24, 2.45) is 0 Å². The summed E-state index contributed by atoms with van der Waals surface area (Å²) in [7, 11) is -8.25. The lowest BCUT2D eigenvalue weighted by Gasteiger charge is -2.25. The molecule has 0 amide bonds. The van der Waals surface area contributed by atoms with Crippen molar-refractivity contribution in [3.8, 4) is 0 Å². The van der Waals surface area contributed by atoms with E-state index in [-0.39, 0.29) is 25.7 Å². The molecule has 10 heteroatoms. The normalized spacial score (nSPS) is 14.5. The van der Waals surface area contributed by atoms with Crippen LogP contribution in [-0.2, 0) is 20.2 Å². The van der Waals surface area contributed by atoms with Crippen molar-refractivity contribution in [2.45, 2.75) is 107 Å². The highest BCUT2D eigenvalue weighted by molar-refractivity contribution is 7.87. The van der Waals surface area contributed by atoms with Crippen molar-refractivity contribution >= 4 is 20.2 Å². The Morgan fingerprint density at radius 3 is 1.26 bits per heavy atom. The largest absolute Gasteiger partial charge is 0.366 e. The molecule has 0 radical (unpaired) electrons. The molecule has 0 saturated carbocycles. The highest BCUT2D eigenvalue weighted by Crippen LogP contribution is 2.27. The van der Waals surface area contributed by atoms with Crippen molar-refractivity contribution in [2.75, 3.05) is 0 Å². The Hall–Kier alpha value is -0.260. The van der Waals surface area contributed by atoms with E-state index in [0.29, 0.717) is 19.3 Å². The van der Waals surface area contributed by atoms with Crippen LogP contribution in [0.3, 0.4) is 0 Å². The van der Waals surface area contributed by atoms with Gasteiger partial charge in [-0.1, -0.05) is 25.7 Å². The fourth-order valence-corrected chi connectivity index (χ4v) is 3.47. The van der Waals surface area contributed by atoms with Gasteiger partial charge >= 0.3 is 0 Å². The maximum Gasteiger partial charge on any atom is 0.270 e. The molecule has 8 nitrogen and oxygen atoms in total. The third-order valence-electron chi connectivity index (χ3n) is 5.11. The van der Waals surface area contributed by atoms with E-state index >= 15 is 0 Å². The number of rotatable bonds is 14. The minimum atomic E-state index is -4.19. The van der Waals surface area contributed by atoms with Crippen LogP contribution in [0.5, 0.6) is 0 Å². The van der Waals surface area contributed by atoms with Gasteiger partial charge in [-0.15, -0.1) is 0 Å². The predicted molar refractivity (Wildman–Crippen MR) is 105 cm³/mol. The Morgan fingerprint density at radius 1 is 0.556 bits per heavy atom. The molecule has 4 N–H and O–H groups in total. The topological polar surface area (TPSA) is 149 Å². The van der Waals surface area contributed by atoms with E-state index in [9.17, 15) is 27.0 Å². The van der Waals surface area contributed by atoms with Gasteiger partial charge in [0.25, 0.3) is 20.2 Å². The summed E-state index contributed by atoms with van der Waals surface area (Å²) in [6.07, 6.45) is 4.51. The van der Waals surface area contributed by atoms with Crippen molar-refractivity contribution < 1.29 is 36.2 Å². The molecule has 0 bridgehead atoms. The third-order valence-corrected chi connectivity index (χ3v) is 8.31. The van der Waals surface area contributed by atoms with E-state index in [1.54, 1.807) is 0 Å². The molecule has 0 aromatic heterocycles. The Labute approximate surface area is 163 Å². The molecule has 0 aliphatic heterocycles. The third kappa shape index (κ3) is 10.2. The van der Waals surface area contributed by atoms with Gasteiger partial charge in [-0.3, -0.25) is 9.11 Å². The summed E-state index contributed by atoms with van der Waals surface area (Å²) in [6, 6.07) is 0. The van der Waals surface area contributed by atoms with Crippen LogP contribution in [0, 0.1) is 0 Å². The van der Waals surface area contributed by atoms with Gasteiger partial charge in [0.2, 0.25) is 0 Å². The van der Waals surface area contributed by atoms with Crippen molar-refractivity contribution in [1.82, 2.24) is 0 Å². The first-order valence-corrected chi connectivity index (χ1v) is 12.2. The molecular weight excluding hydrogens is 396 g/mol. The summed E-state index contributed by atoms with van der Waals surface area (Å²) in [5.41, 5.74) is 0. The molecule has 164 valence electrons. The zero-order chi connectivity index (χ0) is 21.6. The monoisotopic (exact) mass is 432 g/mol. The second kappa shape index (κ2) is 9.98. The summed E-state index contributed by atoms with van der Waals surface area (Å²) in [6.45, 7) is 5.75. The molecule has 0 spiro atoms. The van der Waals surface area contributed by atoms with Crippen LogP contribution >= 0.6 is 0 Å². The fraction of sp³-hybridized carbons (Fsp3) is 1.00. The molecule has 0 aromatic rings. The first-order chi connectivity index (χ1) is 11.9. The van der Waals surface area contributed by atoms with Gasteiger partial charge in [0.15, 0.2) is 5.79 Å². The molecule has 0 rings (SSSR count). The Morgan fingerprint density at radius 2 is 0.852 bits per heavy atom. The van der Waals surface area contributed by atoms with Crippen molar-refractivity contribution in [3.63, 3.8) is 0 Å². The highest BCUT2D eigenvalue weighted by atomic mass is 32.2. The summed E-state index contributed by atoms with van der Waals surface area (Å²) in [5, 5.41) is 19.9. The van der Waals surface area contributed by atoms with Gasteiger partial charge in [-0.2, -0.15) is 16.8 Å². The van der Waals surface area contributed by atoms with E-state index in [0.717, 1.165) is 19.3 Å². The molecule has 0 aliphatic carbocycles. The van der Waals surface area contributed by atoms with Gasteiger partial charge < -0.3 is 10.2 Å².